The van der Waals surface area contributed by atoms with Gasteiger partial charge in [0.15, 0.2) is 0 Å². The van der Waals surface area contributed by atoms with Gasteiger partial charge in [-0.3, -0.25) is 9.69 Å². The van der Waals surface area contributed by atoms with Gasteiger partial charge in [0.2, 0.25) is 0 Å². The molecule has 3 rings (SSSR count). The van der Waals surface area contributed by atoms with Gasteiger partial charge in [-0.25, -0.2) is 9.59 Å². The molecule has 3 amide bonds. The van der Waals surface area contributed by atoms with Crippen molar-refractivity contribution in [3.63, 3.8) is 0 Å². The van der Waals surface area contributed by atoms with E-state index in [0.29, 0.717) is 28.4 Å². The van der Waals surface area contributed by atoms with Gasteiger partial charge in [0.1, 0.15) is 18.1 Å². The van der Waals surface area contributed by atoms with Crippen LogP contribution in [0.4, 0.5) is 4.79 Å². The summed E-state index contributed by atoms with van der Waals surface area (Å²) in [5.41, 5.74) is 1.69. The molecule has 0 radical (unpaired) electrons. The number of nitrogens with one attached hydrogen (secondary N) is 1. The van der Waals surface area contributed by atoms with E-state index in [0.717, 1.165) is 4.90 Å². The fourth-order valence-corrected chi connectivity index (χ4v) is 2.95. The van der Waals surface area contributed by atoms with Crippen molar-refractivity contribution in [1.82, 2.24) is 10.2 Å². The van der Waals surface area contributed by atoms with Gasteiger partial charge in [-0.15, -0.1) is 0 Å². The minimum absolute atomic E-state index is 0.154. The second-order valence-electron chi connectivity index (χ2n) is 6.02. The zero-order chi connectivity index (χ0) is 20.3. The van der Waals surface area contributed by atoms with Gasteiger partial charge < -0.3 is 15.2 Å². The molecule has 0 unspecified atom stereocenters. The van der Waals surface area contributed by atoms with Crippen LogP contribution in [0.5, 0.6) is 5.75 Å². The van der Waals surface area contributed by atoms with Crippen LogP contribution in [0, 0.1) is 0 Å². The molecule has 7 nitrogen and oxygen atoms in total. The molecule has 0 spiro atoms. The molecule has 1 heterocycles. The van der Waals surface area contributed by atoms with Crippen LogP contribution in [-0.4, -0.2) is 34.5 Å². The zero-order valence-electron chi connectivity index (χ0n) is 14.9. The van der Waals surface area contributed by atoms with E-state index >= 15 is 0 Å². The molecule has 0 saturated carbocycles. The van der Waals surface area contributed by atoms with Gasteiger partial charge in [-0.2, -0.15) is 0 Å². The van der Waals surface area contributed by atoms with Crippen molar-refractivity contribution >= 4 is 35.6 Å². The van der Waals surface area contributed by atoms with E-state index in [9.17, 15) is 14.4 Å². The van der Waals surface area contributed by atoms with Crippen molar-refractivity contribution in [2.75, 3.05) is 6.54 Å². The zero-order valence-corrected chi connectivity index (χ0v) is 15.7. The van der Waals surface area contributed by atoms with Crippen LogP contribution >= 0.6 is 11.6 Å². The summed E-state index contributed by atoms with van der Waals surface area (Å²) in [6.07, 6.45) is 1.54. The predicted molar refractivity (Wildman–Crippen MR) is 103 cm³/mol. The molecule has 1 aliphatic rings. The maximum Gasteiger partial charge on any atom is 0.335 e. The molecule has 0 atom stereocenters. The lowest BCUT2D eigenvalue weighted by Crippen LogP contribution is -2.30. The topological polar surface area (TPSA) is 95.9 Å². The smallest absolute Gasteiger partial charge is 0.335 e. The van der Waals surface area contributed by atoms with Crippen LogP contribution in [0.25, 0.3) is 6.08 Å². The molecule has 0 bridgehead atoms. The summed E-state index contributed by atoms with van der Waals surface area (Å²) in [7, 11) is 0. The highest BCUT2D eigenvalue weighted by Gasteiger charge is 2.31. The Morgan fingerprint density at radius 1 is 1.25 bits per heavy atom. The van der Waals surface area contributed by atoms with Crippen molar-refractivity contribution in [3.8, 4) is 5.75 Å². The Kier molecular flexibility index (Phi) is 5.65. The molecular formula is C20H17ClN2O5. The van der Waals surface area contributed by atoms with Gasteiger partial charge >= 0.3 is 12.0 Å². The lowest BCUT2D eigenvalue weighted by Gasteiger charge is -2.09. The molecule has 144 valence electrons. The number of benzene rings is 2. The number of ether oxygens (including phenoxy) is 1. The highest BCUT2D eigenvalue weighted by Crippen LogP contribution is 2.27. The molecule has 8 heteroatoms. The van der Waals surface area contributed by atoms with Crippen LogP contribution in [-0.2, 0) is 11.4 Å². The molecule has 28 heavy (non-hydrogen) atoms. The number of likely N-dealkylation sites (N-methyl/N-ethyl adjacent to an activating group) is 1. The normalized spacial score (nSPS) is 15.1. The van der Waals surface area contributed by atoms with Gasteiger partial charge in [0, 0.05) is 6.54 Å². The summed E-state index contributed by atoms with van der Waals surface area (Å²) >= 11 is 6.25. The van der Waals surface area contributed by atoms with E-state index in [1.165, 1.54) is 12.1 Å². The number of carbonyl (C=O) groups is 3. The quantitative estimate of drug-likeness (QED) is 0.571. The van der Waals surface area contributed by atoms with Crippen LogP contribution in [0.2, 0.25) is 5.02 Å². The van der Waals surface area contributed by atoms with Crippen molar-refractivity contribution in [1.29, 1.82) is 0 Å². The minimum atomic E-state index is -1.01. The largest absolute Gasteiger partial charge is 0.487 e. The number of imide groups is 1. The Morgan fingerprint density at radius 2 is 2.04 bits per heavy atom. The SMILES string of the molecule is CCN1C(=O)N/C(=C/c2ccc(OCc3cccc(C(=O)O)c3)c(Cl)c2)C1=O. The summed E-state index contributed by atoms with van der Waals surface area (Å²) in [6.45, 7) is 2.16. The summed E-state index contributed by atoms with van der Waals surface area (Å²) in [4.78, 5) is 35.9. The van der Waals surface area contributed by atoms with Crippen molar-refractivity contribution in [3.05, 3.63) is 69.9 Å². The Morgan fingerprint density at radius 3 is 2.68 bits per heavy atom. The Hall–Kier alpha value is -3.32. The third-order valence-electron chi connectivity index (χ3n) is 4.11. The molecule has 1 fully saturated rings. The number of rotatable bonds is 6. The van der Waals surface area contributed by atoms with E-state index in [2.05, 4.69) is 5.32 Å². The second-order valence-corrected chi connectivity index (χ2v) is 6.43. The number of nitrogens with zero attached hydrogens (tertiary/aromatic N) is 1. The number of hydrogen-bond acceptors (Lipinski definition) is 4. The average molecular weight is 401 g/mol. The van der Waals surface area contributed by atoms with E-state index in [1.807, 2.05) is 0 Å². The van der Waals surface area contributed by atoms with Crippen molar-refractivity contribution < 1.29 is 24.2 Å². The van der Waals surface area contributed by atoms with E-state index < -0.39 is 12.0 Å². The average Bonchev–Trinajstić information content (AvgIpc) is 2.94. The monoisotopic (exact) mass is 400 g/mol. The number of urea groups is 1. The van der Waals surface area contributed by atoms with Gasteiger partial charge in [-0.05, 0) is 48.4 Å². The molecule has 0 aliphatic carbocycles. The molecule has 1 aliphatic heterocycles. The lowest BCUT2D eigenvalue weighted by molar-refractivity contribution is -0.122. The van der Waals surface area contributed by atoms with Crippen LogP contribution in [0.15, 0.2) is 48.2 Å². The predicted octanol–water partition coefficient (Wildman–Crippen LogP) is 3.53. The van der Waals surface area contributed by atoms with Crippen LogP contribution in [0.1, 0.15) is 28.4 Å². The van der Waals surface area contributed by atoms with Crippen molar-refractivity contribution in [2.45, 2.75) is 13.5 Å². The Bertz CT molecular complexity index is 986. The van der Waals surface area contributed by atoms with E-state index in [-0.39, 0.29) is 23.8 Å². The number of halogens is 1. The van der Waals surface area contributed by atoms with Crippen LogP contribution < -0.4 is 10.1 Å². The molecular weight excluding hydrogens is 384 g/mol. The first-order chi connectivity index (χ1) is 13.4. The van der Waals surface area contributed by atoms with E-state index in [1.54, 1.807) is 43.3 Å². The molecule has 1 saturated heterocycles. The highest BCUT2D eigenvalue weighted by atomic mass is 35.5. The highest BCUT2D eigenvalue weighted by molar-refractivity contribution is 6.32. The number of hydrogen-bond donors (Lipinski definition) is 2. The first kappa shape index (κ1) is 19.4. The minimum Gasteiger partial charge on any atom is -0.487 e. The standard InChI is InChI=1S/C20H17ClN2O5/c1-2-23-18(24)16(22-20(23)27)10-12-6-7-17(15(21)9-12)28-11-13-4-3-5-14(8-13)19(25)26/h3-10H,2,11H2,1H3,(H,22,27)(H,25,26)/b16-10+. The Balaban J connectivity index is 1.72. The Labute approximate surface area is 166 Å². The number of amides is 3. The molecule has 2 aromatic carbocycles. The maximum atomic E-state index is 12.1. The lowest BCUT2D eigenvalue weighted by atomic mass is 10.1. The van der Waals surface area contributed by atoms with Gasteiger partial charge in [-0.1, -0.05) is 29.8 Å². The van der Waals surface area contributed by atoms with E-state index in [4.69, 9.17) is 21.4 Å². The molecule has 2 aromatic rings. The first-order valence-electron chi connectivity index (χ1n) is 8.48. The van der Waals surface area contributed by atoms with Crippen molar-refractivity contribution in [2.24, 2.45) is 0 Å². The summed E-state index contributed by atoms with van der Waals surface area (Å²) < 4.78 is 5.66. The number of carboxylic acid groups (broad SMARTS) is 1. The maximum absolute atomic E-state index is 12.1. The summed E-state index contributed by atoms with van der Waals surface area (Å²) in [5, 5.41) is 11.9. The van der Waals surface area contributed by atoms with Gasteiger partial charge in [0.25, 0.3) is 5.91 Å². The fourth-order valence-electron chi connectivity index (χ4n) is 2.70. The first-order valence-corrected chi connectivity index (χ1v) is 8.86. The number of aromatic carboxylic acids is 1. The second kappa shape index (κ2) is 8.14. The summed E-state index contributed by atoms with van der Waals surface area (Å²) in [6, 6.07) is 11.0. The van der Waals surface area contributed by atoms with Crippen LogP contribution in [0.3, 0.4) is 0 Å². The number of carbonyl (C=O) groups excluding carboxylic acids is 2. The molecule has 2 N–H and O–H groups in total. The third-order valence-corrected chi connectivity index (χ3v) is 4.41. The third kappa shape index (κ3) is 4.15. The molecule has 0 aromatic heterocycles. The number of carboxylic acids is 1. The fraction of sp³-hybridized carbons (Fsp3) is 0.150. The summed E-state index contributed by atoms with van der Waals surface area (Å²) in [5.74, 6) is -0.976. The van der Waals surface area contributed by atoms with Gasteiger partial charge in [0.05, 0.1) is 10.6 Å².